The average Bonchev–Trinajstić information content (AvgIpc) is 3.13. The number of carbonyl (C=O) groups excluding carboxylic acids is 1. The van der Waals surface area contributed by atoms with Crippen LogP contribution in [-0.2, 0) is 20.4 Å². The van der Waals surface area contributed by atoms with Crippen molar-refractivity contribution in [2.75, 3.05) is 11.1 Å². The van der Waals surface area contributed by atoms with Crippen molar-refractivity contribution in [3.05, 3.63) is 65.7 Å². The Morgan fingerprint density at radius 2 is 1.79 bits per heavy atom. The van der Waals surface area contributed by atoms with Crippen molar-refractivity contribution in [1.82, 2.24) is 10.2 Å². The molecular formula is C19H19N3O3S3. The largest absolute Gasteiger partial charge is 0.300 e. The first-order valence-corrected chi connectivity index (χ1v) is 12.0. The molecule has 3 rings (SSSR count). The van der Waals surface area contributed by atoms with E-state index in [0.29, 0.717) is 5.13 Å². The molecule has 0 radical (unpaired) electrons. The summed E-state index contributed by atoms with van der Waals surface area (Å²) < 4.78 is 25.4. The molecule has 0 aliphatic heterocycles. The topological polar surface area (TPSA) is 89.0 Å². The van der Waals surface area contributed by atoms with Crippen molar-refractivity contribution in [2.45, 2.75) is 28.3 Å². The molecule has 0 unspecified atom stereocenters. The fourth-order valence-electron chi connectivity index (χ4n) is 2.31. The van der Waals surface area contributed by atoms with Gasteiger partial charge < -0.3 is 5.32 Å². The van der Waals surface area contributed by atoms with Crippen LogP contribution in [0.3, 0.4) is 0 Å². The Hall–Kier alpha value is -2.23. The van der Waals surface area contributed by atoms with Crippen LogP contribution in [0.5, 0.6) is 0 Å². The molecule has 0 saturated carbocycles. The molecule has 9 heteroatoms. The summed E-state index contributed by atoms with van der Waals surface area (Å²) in [5, 5.41) is 11.0. The average molecular weight is 434 g/mol. The normalized spacial score (nSPS) is 11.3. The van der Waals surface area contributed by atoms with Gasteiger partial charge in [-0.1, -0.05) is 71.1 Å². The molecule has 28 heavy (non-hydrogen) atoms. The summed E-state index contributed by atoms with van der Waals surface area (Å²) in [6, 6.07) is 16.6. The van der Waals surface area contributed by atoms with E-state index in [0.717, 1.165) is 15.7 Å². The minimum absolute atomic E-state index is 0.137. The second-order valence-electron chi connectivity index (χ2n) is 6.08. The van der Waals surface area contributed by atoms with E-state index in [1.807, 2.05) is 37.3 Å². The van der Waals surface area contributed by atoms with Gasteiger partial charge in [0.1, 0.15) is 0 Å². The maximum Gasteiger partial charge on any atom is 0.227 e. The molecule has 146 valence electrons. The quantitative estimate of drug-likeness (QED) is 0.427. The molecular weight excluding hydrogens is 414 g/mol. The molecule has 2 aromatic carbocycles. The van der Waals surface area contributed by atoms with Crippen LogP contribution < -0.4 is 5.32 Å². The number of sulfone groups is 1. The summed E-state index contributed by atoms with van der Waals surface area (Å²) in [5.41, 5.74) is 2.16. The lowest BCUT2D eigenvalue weighted by Gasteiger charge is -2.05. The smallest absolute Gasteiger partial charge is 0.227 e. The molecule has 0 fully saturated rings. The number of amides is 1. The zero-order valence-corrected chi connectivity index (χ0v) is 17.6. The van der Waals surface area contributed by atoms with Crippen LogP contribution in [0.4, 0.5) is 5.13 Å². The first kappa shape index (κ1) is 20.5. The Bertz CT molecular complexity index is 1030. The summed E-state index contributed by atoms with van der Waals surface area (Å²) in [4.78, 5) is 12.3. The third-order valence-corrected chi connectivity index (χ3v) is 7.61. The van der Waals surface area contributed by atoms with Crippen LogP contribution in [0.2, 0.25) is 0 Å². The van der Waals surface area contributed by atoms with E-state index in [1.54, 1.807) is 24.3 Å². The number of benzene rings is 2. The van der Waals surface area contributed by atoms with Gasteiger partial charge in [0.2, 0.25) is 11.0 Å². The van der Waals surface area contributed by atoms with Gasteiger partial charge in [-0.15, -0.1) is 10.2 Å². The van der Waals surface area contributed by atoms with E-state index in [1.165, 1.54) is 28.7 Å². The van der Waals surface area contributed by atoms with Gasteiger partial charge in [0, 0.05) is 12.2 Å². The van der Waals surface area contributed by atoms with Gasteiger partial charge in [-0.05, 0) is 24.6 Å². The molecule has 0 atom stereocenters. The van der Waals surface area contributed by atoms with Crippen LogP contribution in [0.25, 0.3) is 0 Å². The highest BCUT2D eigenvalue weighted by Crippen LogP contribution is 2.28. The van der Waals surface area contributed by atoms with Crippen molar-refractivity contribution in [2.24, 2.45) is 0 Å². The zero-order chi connectivity index (χ0) is 20.0. The Morgan fingerprint density at radius 1 is 1.07 bits per heavy atom. The lowest BCUT2D eigenvalue weighted by molar-refractivity contribution is -0.115. The van der Waals surface area contributed by atoms with Gasteiger partial charge in [-0.3, -0.25) is 4.79 Å². The molecule has 1 aromatic heterocycles. The van der Waals surface area contributed by atoms with E-state index in [9.17, 15) is 13.2 Å². The highest BCUT2D eigenvalue weighted by atomic mass is 32.2. The standard InChI is InChI=1S/C19H19N3O3S3/c1-14-7-9-16(10-8-14)28(24,25)12-11-17(23)20-18-21-22-19(27-18)26-13-15-5-3-2-4-6-15/h2-10H,11-13H2,1H3,(H,20,21,23). The van der Waals surface area contributed by atoms with E-state index in [2.05, 4.69) is 15.5 Å². The molecule has 3 aromatic rings. The van der Waals surface area contributed by atoms with Gasteiger partial charge in [0.25, 0.3) is 0 Å². The predicted octanol–water partition coefficient (Wildman–Crippen LogP) is 3.94. The number of aryl methyl sites for hydroxylation is 1. The SMILES string of the molecule is Cc1ccc(S(=O)(=O)CCC(=O)Nc2nnc(SCc3ccccc3)s2)cc1. The van der Waals surface area contributed by atoms with E-state index < -0.39 is 15.7 Å². The van der Waals surface area contributed by atoms with Crippen LogP contribution in [0.1, 0.15) is 17.5 Å². The molecule has 0 saturated heterocycles. The predicted molar refractivity (Wildman–Crippen MR) is 112 cm³/mol. The molecule has 6 nitrogen and oxygen atoms in total. The van der Waals surface area contributed by atoms with Crippen molar-refractivity contribution in [3.8, 4) is 0 Å². The third kappa shape index (κ3) is 5.88. The minimum Gasteiger partial charge on any atom is -0.300 e. The molecule has 0 aliphatic rings. The fraction of sp³-hybridized carbons (Fsp3) is 0.211. The Labute approximate surface area is 172 Å². The number of aromatic nitrogens is 2. The summed E-state index contributed by atoms with van der Waals surface area (Å²) in [5.74, 6) is 0.112. The molecule has 0 bridgehead atoms. The second-order valence-corrected chi connectivity index (χ2v) is 10.4. The molecule has 0 spiro atoms. The monoisotopic (exact) mass is 433 g/mol. The summed E-state index contributed by atoms with van der Waals surface area (Å²) in [6.07, 6.45) is -0.137. The number of nitrogens with zero attached hydrogens (tertiary/aromatic N) is 2. The van der Waals surface area contributed by atoms with Crippen LogP contribution in [0, 0.1) is 6.92 Å². The van der Waals surface area contributed by atoms with Gasteiger partial charge in [0.15, 0.2) is 14.2 Å². The maximum atomic E-state index is 12.3. The number of rotatable bonds is 8. The maximum absolute atomic E-state index is 12.3. The van der Waals surface area contributed by atoms with Crippen molar-refractivity contribution < 1.29 is 13.2 Å². The lowest BCUT2D eigenvalue weighted by Crippen LogP contribution is -2.17. The van der Waals surface area contributed by atoms with Crippen LogP contribution in [-0.4, -0.2) is 30.3 Å². The van der Waals surface area contributed by atoms with Crippen molar-refractivity contribution in [1.29, 1.82) is 0 Å². The lowest BCUT2D eigenvalue weighted by atomic mass is 10.2. The van der Waals surface area contributed by atoms with E-state index in [4.69, 9.17) is 0 Å². The van der Waals surface area contributed by atoms with Gasteiger partial charge in [0.05, 0.1) is 10.6 Å². The highest BCUT2D eigenvalue weighted by molar-refractivity contribution is 8.00. The molecule has 1 amide bonds. The number of carbonyl (C=O) groups is 1. The summed E-state index contributed by atoms with van der Waals surface area (Å²) >= 11 is 2.81. The van der Waals surface area contributed by atoms with E-state index in [-0.39, 0.29) is 17.1 Å². The number of hydrogen-bond donors (Lipinski definition) is 1. The third-order valence-electron chi connectivity index (χ3n) is 3.84. The van der Waals surface area contributed by atoms with Gasteiger partial charge in [-0.2, -0.15) is 0 Å². The minimum atomic E-state index is -3.50. The van der Waals surface area contributed by atoms with Crippen molar-refractivity contribution in [3.63, 3.8) is 0 Å². The highest BCUT2D eigenvalue weighted by Gasteiger charge is 2.17. The van der Waals surface area contributed by atoms with Crippen LogP contribution >= 0.6 is 23.1 Å². The molecule has 0 aliphatic carbocycles. The number of hydrogen-bond acceptors (Lipinski definition) is 7. The number of thioether (sulfide) groups is 1. The van der Waals surface area contributed by atoms with Crippen molar-refractivity contribution >= 4 is 44.0 Å². The Balaban J connectivity index is 1.49. The molecule has 1 heterocycles. The summed E-state index contributed by atoms with van der Waals surface area (Å²) in [6.45, 7) is 1.89. The second kappa shape index (κ2) is 9.31. The van der Waals surface area contributed by atoms with Gasteiger partial charge in [-0.25, -0.2) is 8.42 Å². The fourth-order valence-corrected chi connectivity index (χ4v) is 5.27. The first-order valence-electron chi connectivity index (χ1n) is 8.52. The summed E-state index contributed by atoms with van der Waals surface area (Å²) in [7, 11) is -3.50. The number of nitrogens with one attached hydrogen (secondary N) is 1. The Kier molecular flexibility index (Phi) is 6.82. The number of anilines is 1. The van der Waals surface area contributed by atoms with Gasteiger partial charge >= 0.3 is 0 Å². The first-order chi connectivity index (χ1) is 13.4. The molecule has 1 N–H and O–H groups in total. The Morgan fingerprint density at radius 3 is 2.50 bits per heavy atom. The zero-order valence-electron chi connectivity index (χ0n) is 15.2. The van der Waals surface area contributed by atoms with Crippen LogP contribution in [0.15, 0.2) is 63.8 Å². The van der Waals surface area contributed by atoms with E-state index >= 15 is 0 Å².